The van der Waals surface area contributed by atoms with Gasteiger partial charge in [-0.05, 0) is 30.5 Å². The maximum Gasteiger partial charge on any atom is 0.149 e. The molecule has 0 bridgehead atoms. The lowest BCUT2D eigenvalue weighted by Gasteiger charge is -2.04. The summed E-state index contributed by atoms with van der Waals surface area (Å²) in [4.78, 5) is 0. The van der Waals surface area contributed by atoms with E-state index in [1.54, 1.807) is 0 Å². The van der Waals surface area contributed by atoms with Crippen LogP contribution in [0.15, 0.2) is 30.3 Å². The van der Waals surface area contributed by atoms with E-state index in [9.17, 15) is 0 Å². The predicted octanol–water partition coefficient (Wildman–Crippen LogP) is 2.99. The summed E-state index contributed by atoms with van der Waals surface area (Å²) >= 11 is 0. The second-order valence-corrected chi connectivity index (χ2v) is 4.24. The first-order valence-corrected chi connectivity index (χ1v) is 5.90. The SMILES string of the molecule is CCCc1ccc(-c2cc(C)c(N)nn2)cc1. The Morgan fingerprint density at radius 2 is 1.82 bits per heavy atom. The Bertz CT molecular complexity index is 503. The van der Waals surface area contributed by atoms with Gasteiger partial charge in [0.15, 0.2) is 0 Å². The summed E-state index contributed by atoms with van der Waals surface area (Å²) in [6, 6.07) is 10.4. The molecule has 0 fully saturated rings. The van der Waals surface area contributed by atoms with Crippen LogP contribution in [-0.2, 0) is 6.42 Å². The minimum Gasteiger partial charge on any atom is -0.382 e. The zero-order chi connectivity index (χ0) is 12.3. The van der Waals surface area contributed by atoms with Crippen LogP contribution in [0.1, 0.15) is 24.5 Å². The average molecular weight is 227 g/mol. The number of aryl methyl sites for hydroxylation is 2. The van der Waals surface area contributed by atoms with Crippen LogP contribution in [0.4, 0.5) is 5.82 Å². The molecule has 0 spiro atoms. The van der Waals surface area contributed by atoms with E-state index in [1.165, 1.54) is 12.0 Å². The monoisotopic (exact) mass is 227 g/mol. The summed E-state index contributed by atoms with van der Waals surface area (Å²) in [5.74, 6) is 0.497. The maximum absolute atomic E-state index is 5.66. The molecular weight excluding hydrogens is 210 g/mol. The third-order valence-corrected chi connectivity index (χ3v) is 2.81. The number of nitrogens with two attached hydrogens (primary N) is 1. The van der Waals surface area contributed by atoms with Crippen molar-refractivity contribution in [3.63, 3.8) is 0 Å². The fraction of sp³-hybridized carbons (Fsp3) is 0.286. The molecule has 0 saturated heterocycles. The minimum atomic E-state index is 0.497. The first-order chi connectivity index (χ1) is 8.20. The van der Waals surface area contributed by atoms with E-state index in [2.05, 4.69) is 41.4 Å². The third-order valence-electron chi connectivity index (χ3n) is 2.81. The molecule has 17 heavy (non-hydrogen) atoms. The second kappa shape index (κ2) is 4.95. The fourth-order valence-electron chi connectivity index (χ4n) is 1.77. The van der Waals surface area contributed by atoms with Gasteiger partial charge in [0.1, 0.15) is 5.82 Å². The quantitative estimate of drug-likeness (QED) is 0.877. The lowest BCUT2D eigenvalue weighted by atomic mass is 10.1. The molecule has 0 amide bonds. The average Bonchev–Trinajstić information content (AvgIpc) is 2.34. The molecule has 2 N–H and O–H groups in total. The van der Waals surface area contributed by atoms with Crippen molar-refractivity contribution < 1.29 is 0 Å². The highest BCUT2D eigenvalue weighted by atomic mass is 15.1. The lowest BCUT2D eigenvalue weighted by molar-refractivity contribution is 0.922. The van der Waals surface area contributed by atoms with Crippen molar-refractivity contribution >= 4 is 5.82 Å². The molecule has 2 aromatic rings. The molecule has 1 aromatic carbocycles. The van der Waals surface area contributed by atoms with Crippen LogP contribution in [0.2, 0.25) is 0 Å². The van der Waals surface area contributed by atoms with Gasteiger partial charge in [-0.15, -0.1) is 10.2 Å². The van der Waals surface area contributed by atoms with Gasteiger partial charge in [0.2, 0.25) is 0 Å². The highest BCUT2D eigenvalue weighted by molar-refractivity contribution is 5.61. The van der Waals surface area contributed by atoms with E-state index >= 15 is 0 Å². The van der Waals surface area contributed by atoms with Gasteiger partial charge in [-0.1, -0.05) is 37.6 Å². The third kappa shape index (κ3) is 2.61. The number of benzene rings is 1. The number of hydrogen-bond acceptors (Lipinski definition) is 3. The highest BCUT2D eigenvalue weighted by Gasteiger charge is 2.03. The molecule has 88 valence electrons. The number of anilines is 1. The van der Waals surface area contributed by atoms with Gasteiger partial charge in [0.05, 0.1) is 5.69 Å². The summed E-state index contributed by atoms with van der Waals surface area (Å²) in [6.07, 6.45) is 2.28. The van der Waals surface area contributed by atoms with E-state index < -0.39 is 0 Å². The molecule has 1 aromatic heterocycles. The van der Waals surface area contributed by atoms with Crippen LogP contribution in [0.3, 0.4) is 0 Å². The Morgan fingerprint density at radius 3 is 2.41 bits per heavy atom. The van der Waals surface area contributed by atoms with Crippen molar-refractivity contribution in [3.8, 4) is 11.3 Å². The topological polar surface area (TPSA) is 51.8 Å². The summed E-state index contributed by atoms with van der Waals surface area (Å²) in [5, 5.41) is 8.05. The van der Waals surface area contributed by atoms with Crippen molar-refractivity contribution in [1.29, 1.82) is 0 Å². The molecule has 3 heteroatoms. The van der Waals surface area contributed by atoms with Gasteiger partial charge in [-0.25, -0.2) is 0 Å². The number of hydrogen-bond donors (Lipinski definition) is 1. The van der Waals surface area contributed by atoms with Crippen LogP contribution >= 0.6 is 0 Å². The van der Waals surface area contributed by atoms with Crippen molar-refractivity contribution in [2.75, 3.05) is 5.73 Å². The minimum absolute atomic E-state index is 0.497. The summed E-state index contributed by atoms with van der Waals surface area (Å²) < 4.78 is 0. The van der Waals surface area contributed by atoms with Crippen molar-refractivity contribution in [2.24, 2.45) is 0 Å². The Kier molecular flexibility index (Phi) is 3.38. The van der Waals surface area contributed by atoms with Crippen LogP contribution in [0.25, 0.3) is 11.3 Å². The van der Waals surface area contributed by atoms with E-state index in [0.29, 0.717) is 5.82 Å². The molecule has 1 heterocycles. The highest BCUT2D eigenvalue weighted by Crippen LogP contribution is 2.19. The van der Waals surface area contributed by atoms with Crippen molar-refractivity contribution in [1.82, 2.24) is 10.2 Å². The molecule has 0 aliphatic rings. The molecular formula is C14H17N3. The Morgan fingerprint density at radius 1 is 1.12 bits per heavy atom. The van der Waals surface area contributed by atoms with Crippen LogP contribution < -0.4 is 5.73 Å². The summed E-state index contributed by atoms with van der Waals surface area (Å²) in [5.41, 5.74) is 9.94. The first kappa shape index (κ1) is 11.6. The summed E-state index contributed by atoms with van der Waals surface area (Å²) in [6.45, 7) is 4.13. The summed E-state index contributed by atoms with van der Waals surface area (Å²) in [7, 11) is 0. The molecule has 2 rings (SSSR count). The maximum atomic E-state index is 5.66. The number of nitrogen functional groups attached to an aromatic ring is 1. The van der Waals surface area contributed by atoms with E-state index in [1.807, 2.05) is 13.0 Å². The zero-order valence-corrected chi connectivity index (χ0v) is 10.3. The van der Waals surface area contributed by atoms with Gasteiger partial charge in [-0.2, -0.15) is 0 Å². The molecule has 0 radical (unpaired) electrons. The largest absolute Gasteiger partial charge is 0.382 e. The number of rotatable bonds is 3. The number of nitrogens with zero attached hydrogens (tertiary/aromatic N) is 2. The smallest absolute Gasteiger partial charge is 0.149 e. The van der Waals surface area contributed by atoms with Crippen molar-refractivity contribution in [2.45, 2.75) is 26.7 Å². The predicted molar refractivity (Wildman–Crippen MR) is 70.6 cm³/mol. The Labute approximate surface area is 102 Å². The lowest BCUT2D eigenvalue weighted by Crippen LogP contribution is -1.98. The molecule has 0 atom stereocenters. The van der Waals surface area contributed by atoms with Gasteiger partial charge >= 0.3 is 0 Å². The fourth-order valence-corrected chi connectivity index (χ4v) is 1.77. The van der Waals surface area contributed by atoms with Gasteiger partial charge in [-0.3, -0.25) is 0 Å². The van der Waals surface area contributed by atoms with Crippen LogP contribution in [0, 0.1) is 6.92 Å². The standard InChI is InChI=1S/C14H17N3/c1-3-4-11-5-7-12(8-6-11)13-9-10(2)14(15)17-16-13/h5-9H,3-4H2,1-2H3,(H2,15,17). The Balaban J connectivity index is 2.30. The molecule has 0 saturated carbocycles. The molecule has 0 aliphatic heterocycles. The van der Waals surface area contributed by atoms with Gasteiger partial charge < -0.3 is 5.73 Å². The van der Waals surface area contributed by atoms with Crippen LogP contribution in [0.5, 0.6) is 0 Å². The van der Waals surface area contributed by atoms with Crippen molar-refractivity contribution in [3.05, 3.63) is 41.5 Å². The Hall–Kier alpha value is -1.90. The zero-order valence-electron chi connectivity index (χ0n) is 10.3. The van der Waals surface area contributed by atoms with Crippen LogP contribution in [-0.4, -0.2) is 10.2 Å². The van der Waals surface area contributed by atoms with E-state index in [4.69, 9.17) is 5.73 Å². The van der Waals surface area contributed by atoms with E-state index in [-0.39, 0.29) is 0 Å². The normalized spacial score (nSPS) is 10.5. The number of aromatic nitrogens is 2. The second-order valence-electron chi connectivity index (χ2n) is 4.24. The molecule has 0 aliphatic carbocycles. The first-order valence-electron chi connectivity index (χ1n) is 5.90. The van der Waals surface area contributed by atoms with E-state index in [0.717, 1.165) is 23.2 Å². The molecule has 3 nitrogen and oxygen atoms in total. The van der Waals surface area contributed by atoms with Gasteiger partial charge in [0.25, 0.3) is 0 Å². The molecule has 0 unspecified atom stereocenters. The van der Waals surface area contributed by atoms with Gasteiger partial charge in [0, 0.05) is 5.56 Å².